The van der Waals surface area contributed by atoms with E-state index in [0.29, 0.717) is 5.69 Å². The molecule has 0 saturated carbocycles. The normalized spacial score (nSPS) is 12.8. The number of imidazole rings is 1. The van der Waals surface area contributed by atoms with E-state index in [-0.39, 0.29) is 17.2 Å². The summed E-state index contributed by atoms with van der Waals surface area (Å²) in [6.45, 7) is 1.00. The predicted octanol–water partition coefficient (Wildman–Crippen LogP) is 1.84. The van der Waals surface area contributed by atoms with Crippen LogP contribution in [0.1, 0.15) is 22.7 Å². The number of carbonyl (C=O) groups is 1. The molecule has 3 heterocycles. The van der Waals surface area contributed by atoms with E-state index in [2.05, 4.69) is 20.0 Å². The second-order valence-electron chi connectivity index (χ2n) is 6.03. The maximum atomic E-state index is 12.2. The maximum Gasteiger partial charge on any atom is 0.276 e. The fraction of sp³-hybridized carbons (Fsp3) is 0.222. The van der Waals surface area contributed by atoms with Crippen molar-refractivity contribution in [2.24, 2.45) is 7.05 Å². The Morgan fingerprint density at radius 1 is 1.16 bits per heavy atom. The van der Waals surface area contributed by atoms with Gasteiger partial charge in [0.25, 0.3) is 11.5 Å². The number of aromatic nitrogens is 4. The SMILES string of the molecule is Cn1nc(C(=O)Nc2ccc(-c3cnc4n3CCC4)cc2)ccc1=O. The van der Waals surface area contributed by atoms with Gasteiger partial charge in [-0.05, 0) is 30.2 Å². The monoisotopic (exact) mass is 335 g/mol. The molecule has 0 bridgehead atoms. The molecular formula is C18H17N5O2. The molecule has 0 radical (unpaired) electrons. The molecule has 4 rings (SSSR count). The molecule has 0 fully saturated rings. The van der Waals surface area contributed by atoms with Crippen LogP contribution < -0.4 is 10.9 Å². The Hall–Kier alpha value is -3.22. The van der Waals surface area contributed by atoms with Crippen molar-refractivity contribution in [3.8, 4) is 11.3 Å². The summed E-state index contributed by atoms with van der Waals surface area (Å²) in [5.74, 6) is 0.779. The number of nitrogens with one attached hydrogen (secondary N) is 1. The Balaban J connectivity index is 1.53. The zero-order valence-electron chi connectivity index (χ0n) is 13.8. The molecule has 126 valence electrons. The first-order valence-corrected chi connectivity index (χ1v) is 8.12. The minimum absolute atomic E-state index is 0.194. The van der Waals surface area contributed by atoms with Crippen LogP contribution in [0.15, 0.2) is 47.4 Å². The van der Waals surface area contributed by atoms with E-state index in [1.165, 1.54) is 19.2 Å². The lowest BCUT2D eigenvalue weighted by atomic mass is 10.1. The van der Waals surface area contributed by atoms with Crippen LogP contribution in [-0.2, 0) is 20.0 Å². The highest BCUT2D eigenvalue weighted by molar-refractivity contribution is 6.02. The van der Waals surface area contributed by atoms with Crippen molar-refractivity contribution in [3.63, 3.8) is 0 Å². The zero-order valence-corrected chi connectivity index (χ0v) is 13.8. The van der Waals surface area contributed by atoms with Crippen molar-refractivity contribution < 1.29 is 4.79 Å². The van der Waals surface area contributed by atoms with Gasteiger partial charge >= 0.3 is 0 Å². The van der Waals surface area contributed by atoms with Crippen LogP contribution >= 0.6 is 0 Å². The molecule has 1 N–H and O–H groups in total. The second-order valence-corrected chi connectivity index (χ2v) is 6.03. The summed E-state index contributed by atoms with van der Waals surface area (Å²) < 4.78 is 3.38. The first-order chi connectivity index (χ1) is 12.1. The van der Waals surface area contributed by atoms with Gasteiger partial charge in [0, 0.05) is 31.8 Å². The van der Waals surface area contributed by atoms with Crippen molar-refractivity contribution in [2.45, 2.75) is 19.4 Å². The summed E-state index contributed by atoms with van der Waals surface area (Å²) in [5.41, 5.74) is 2.78. The molecule has 1 aliphatic heterocycles. The van der Waals surface area contributed by atoms with Crippen molar-refractivity contribution in [1.82, 2.24) is 19.3 Å². The van der Waals surface area contributed by atoms with Crippen LogP contribution in [0.3, 0.4) is 0 Å². The molecule has 2 aromatic heterocycles. The Kier molecular flexibility index (Phi) is 3.68. The number of carbonyl (C=O) groups excluding carboxylic acids is 1. The van der Waals surface area contributed by atoms with Crippen LogP contribution in [0.2, 0.25) is 0 Å². The summed E-state index contributed by atoms with van der Waals surface area (Å²) in [7, 11) is 1.51. The average molecular weight is 335 g/mol. The second kappa shape index (κ2) is 6.01. The van der Waals surface area contributed by atoms with Crippen LogP contribution in [0.5, 0.6) is 0 Å². The topological polar surface area (TPSA) is 81.8 Å². The molecule has 0 aliphatic carbocycles. The van der Waals surface area contributed by atoms with E-state index in [9.17, 15) is 9.59 Å². The molecule has 0 atom stereocenters. The molecule has 0 spiro atoms. The Bertz CT molecular complexity index is 1000. The van der Waals surface area contributed by atoms with E-state index in [1.54, 1.807) is 0 Å². The molecule has 25 heavy (non-hydrogen) atoms. The molecule has 7 nitrogen and oxygen atoms in total. The molecule has 3 aromatic rings. The largest absolute Gasteiger partial charge is 0.328 e. The van der Waals surface area contributed by atoms with Gasteiger partial charge in [0.05, 0.1) is 11.9 Å². The summed E-state index contributed by atoms with van der Waals surface area (Å²) in [4.78, 5) is 28.0. The first kappa shape index (κ1) is 15.3. The highest BCUT2D eigenvalue weighted by atomic mass is 16.2. The number of hydrogen-bond acceptors (Lipinski definition) is 4. The number of aryl methyl sites for hydroxylation is 2. The zero-order chi connectivity index (χ0) is 17.4. The molecule has 1 aromatic carbocycles. The average Bonchev–Trinajstić information content (AvgIpc) is 3.21. The van der Waals surface area contributed by atoms with E-state index >= 15 is 0 Å². The maximum absolute atomic E-state index is 12.2. The summed E-state index contributed by atoms with van der Waals surface area (Å²) >= 11 is 0. The van der Waals surface area contributed by atoms with E-state index < -0.39 is 0 Å². The number of anilines is 1. The van der Waals surface area contributed by atoms with Crippen molar-refractivity contribution in [2.75, 3.05) is 5.32 Å². The molecule has 0 saturated heterocycles. The smallest absolute Gasteiger partial charge is 0.276 e. The third-order valence-electron chi connectivity index (χ3n) is 4.35. The van der Waals surface area contributed by atoms with Gasteiger partial charge < -0.3 is 9.88 Å². The minimum Gasteiger partial charge on any atom is -0.328 e. The van der Waals surface area contributed by atoms with Gasteiger partial charge in [0.1, 0.15) is 11.5 Å². The molecule has 7 heteroatoms. The van der Waals surface area contributed by atoms with Gasteiger partial charge in [-0.2, -0.15) is 5.10 Å². The third kappa shape index (κ3) is 2.84. The van der Waals surface area contributed by atoms with E-state index in [1.807, 2.05) is 30.5 Å². The van der Waals surface area contributed by atoms with Gasteiger partial charge in [0.15, 0.2) is 0 Å². The summed E-state index contributed by atoms with van der Waals surface area (Å²) in [6.07, 6.45) is 4.06. The number of hydrogen-bond donors (Lipinski definition) is 1. The quantitative estimate of drug-likeness (QED) is 0.792. The summed E-state index contributed by atoms with van der Waals surface area (Å²) in [5, 5.41) is 6.74. The Morgan fingerprint density at radius 3 is 2.72 bits per heavy atom. The summed E-state index contributed by atoms with van der Waals surface area (Å²) in [6, 6.07) is 10.4. The van der Waals surface area contributed by atoms with Gasteiger partial charge in [-0.1, -0.05) is 12.1 Å². The van der Waals surface area contributed by atoms with Crippen LogP contribution in [-0.4, -0.2) is 25.2 Å². The molecule has 1 amide bonds. The van der Waals surface area contributed by atoms with Crippen molar-refractivity contribution in [1.29, 1.82) is 0 Å². The highest BCUT2D eigenvalue weighted by Crippen LogP contribution is 2.26. The fourth-order valence-corrected chi connectivity index (χ4v) is 3.03. The highest BCUT2D eigenvalue weighted by Gasteiger charge is 2.16. The lowest BCUT2D eigenvalue weighted by molar-refractivity contribution is 0.102. The molecular weight excluding hydrogens is 318 g/mol. The molecule has 1 aliphatic rings. The Labute approximate surface area is 143 Å². The standard InChI is InChI=1S/C18H17N5O2/c1-22-17(24)9-8-14(21-22)18(25)20-13-6-4-12(5-7-13)15-11-19-16-3-2-10-23(15)16/h4-9,11H,2-3,10H2,1H3,(H,20,25). The van der Waals surface area contributed by atoms with Crippen LogP contribution in [0.25, 0.3) is 11.3 Å². The van der Waals surface area contributed by atoms with Gasteiger partial charge in [0.2, 0.25) is 0 Å². The van der Waals surface area contributed by atoms with E-state index in [4.69, 9.17) is 0 Å². The lowest BCUT2D eigenvalue weighted by Crippen LogP contribution is -2.23. The fourth-order valence-electron chi connectivity index (χ4n) is 3.03. The number of benzene rings is 1. The van der Waals surface area contributed by atoms with E-state index in [0.717, 1.165) is 41.1 Å². The Morgan fingerprint density at radius 2 is 1.96 bits per heavy atom. The third-order valence-corrected chi connectivity index (χ3v) is 4.35. The predicted molar refractivity (Wildman–Crippen MR) is 93.4 cm³/mol. The lowest BCUT2D eigenvalue weighted by Gasteiger charge is -2.08. The van der Waals surface area contributed by atoms with Crippen molar-refractivity contribution in [3.05, 3.63) is 64.5 Å². The van der Waals surface area contributed by atoms with Crippen LogP contribution in [0, 0.1) is 0 Å². The number of fused-ring (bicyclic) bond motifs is 1. The van der Waals surface area contributed by atoms with Crippen LogP contribution in [0.4, 0.5) is 5.69 Å². The van der Waals surface area contributed by atoms with Gasteiger partial charge in [-0.25, -0.2) is 9.67 Å². The molecule has 0 unspecified atom stereocenters. The minimum atomic E-state index is -0.353. The number of rotatable bonds is 3. The number of amides is 1. The van der Waals surface area contributed by atoms with Gasteiger partial charge in [-0.15, -0.1) is 0 Å². The number of nitrogens with zero attached hydrogens (tertiary/aromatic N) is 4. The first-order valence-electron chi connectivity index (χ1n) is 8.12. The van der Waals surface area contributed by atoms with Gasteiger partial charge in [-0.3, -0.25) is 9.59 Å². The van der Waals surface area contributed by atoms with Crippen molar-refractivity contribution >= 4 is 11.6 Å².